The van der Waals surface area contributed by atoms with E-state index in [0.29, 0.717) is 11.6 Å². The molecule has 0 bridgehead atoms. The van der Waals surface area contributed by atoms with Crippen LogP contribution in [0.15, 0.2) is 18.3 Å². The van der Waals surface area contributed by atoms with E-state index in [9.17, 15) is 4.79 Å². The van der Waals surface area contributed by atoms with Crippen molar-refractivity contribution in [3.8, 4) is 0 Å². The topological polar surface area (TPSA) is 30.0 Å². The highest BCUT2D eigenvalue weighted by molar-refractivity contribution is 5.96. The van der Waals surface area contributed by atoms with E-state index in [1.807, 2.05) is 26.0 Å². The average molecular weight is 191 g/mol. The van der Waals surface area contributed by atoms with Crippen LogP contribution in [0.5, 0.6) is 0 Å². The summed E-state index contributed by atoms with van der Waals surface area (Å²) < 4.78 is 0. The zero-order valence-corrected chi connectivity index (χ0v) is 9.24. The van der Waals surface area contributed by atoms with Gasteiger partial charge in [0, 0.05) is 12.1 Å². The Labute approximate surface area is 85.4 Å². The van der Waals surface area contributed by atoms with E-state index in [1.54, 1.807) is 6.20 Å². The standard InChI is InChI=1S/C12H17NO/c1-8(2)10(4)12(14)11-7-9(3)5-6-13-11/h5-8,10H,1-4H3. The zero-order chi connectivity index (χ0) is 10.7. The molecule has 0 saturated carbocycles. The molecule has 0 N–H and O–H groups in total. The van der Waals surface area contributed by atoms with Crippen molar-refractivity contribution in [2.24, 2.45) is 11.8 Å². The average Bonchev–Trinajstić information content (AvgIpc) is 2.15. The highest BCUT2D eigenvalue weighted by Crippen LogP contribution is 2.15. The van der Waals surface area contributed by atoms with Crippen LogP contribution in [0.1, 0.15) is 36.8 Å². The maximum Gasteiger partial charge on any atom is 0.184 e. The molecule has 1 aromatic heterocycles. The fourth-order valence-corrected chi connectivity index (χ4v) is 1.21. The number of hydrogen-bond acceptors (Lipinski definition) is 2. The van der Waals surface area contributed by atoms with Gasteiger partial charge in [-0.15, -0.1) is 0 Å². The van der Waals surface area contributed by atoms with Crippen molar-refractivity contribution in [3.63, 3.8) is 0 Å². The minimum Gasteiger partial charge on any atom is -0.292 e. The Morgan fingerprint density at radius 3 is 2.50 bits per heavy atom. The van der Waals surface area contributed by atoms with Crippen molar-refractivity contribution in [1.82, 2.24) is 4.98 Å². The number of Topliss-reactive ketones (excluding diaryl/α,β-unsaturated/α-hetero) is 1. The van der Waals surface area contributed by atoms with Crippen LogP contribution < -0.4 is 0 Å². The van der Waals surface area contributed by atoms with Gasteiger partial charge in [0.15, 0.2) is 5.78 Å². The molecule has 14 heavy (non-hydrogen) atoms. The molecule has 0 fully saturated rings. The molecule has 0 spiro atoms. The Bertz CT molecular complexity index is 331. The molecule has 1 unspecified atom stereocenters. The fraction of sp³-hybridized carbons (Fsp3) is 0.500. The normalized spacial score (nSPS) is 12.9. The Morgan fingerprint density at radius 2 is 2.00 bits per heavy atom. The minimum atomic E-state index is 0.0456. The van der Waals surface area contributed by atoms with Gasteiger partial charge in [-0.2, -0.15) is 0 Å². The third-order valence-electron chi connectivity index (χ3n) is 2.58. The number of aromatic nitrogens is 1. The second-order valence-corrected chi connectivity index (χ2v) is 4.12. The minimum absolute atomic E-state index is 0.0456. The van der Waals surface area contributed by atoms with Gasteiger partial charge in [-0.1, -0.05) is 20.8 Å². The summed E-state index contributed by atoms with van der Waals surface area (Å²) in [6.45, 7) is 8.03. The maximum atomic E-state index is 11.9. The molecule has 76 valence electrons. The molecule has 0 saturated heterocycles. The molecule has 0 radical (unpaired) electrons. The summed E-state index contributed by atoms with van der Waals surface area (Å²) in [6, 6.07) is 3.75. The lowest BCUT2D eigenvalue weighted by atomic mass is 9.91. The molecule has 0 aliphatic heterocycles. The Hall–Kier alpha value is -1.18. The van der Waals surface area contributed by atoms with Gasteiger partial charge in [0.1, 0.15) is 5.69 Å². The smallest absolute Gasteiger partial charge is 0.184 e. The lowest BCUT2D eigenvalue weighted by Crippen LogP contribution is -2.18. The van der Waals surface area contributed by atoms with Gasteiger partial charge in [-0.3, -0.25) is 9.78 Å². The highest BCUT2D eigenvalue weighted by Gasteiger charge is 2.19. The lowest BCUT2D eigenvalue weighted by Gasteiger charge is -2.13. The first-order valence-electron chi connectivity index (χ1n) is 4.99. The number of ketones is 1. The van der Waals surface area contributed by atoms with Crippen molar-refractivity contribution in [1.29, 1.82) is 0 Å². The van der Waals surface area contributed by atoms with Crippen LogP contribution >= 0.6 is 0 Å². The Morgan fingerprint density at radius 1 is 1.36 bits per heavy atom. The summed E-state index contributed by atoms with van der Waals surface area (Å²) in [4.78, 5) is 16.0. The van der Waals surface area contributed by atoms with Crippen LogP contribution in [0.3, 0.4) is 0 Å². The molecule has 1 atom stereocenters. The zero-order valence-electron chi connectivity index (χ0n) is 9.24. The lowest BCUT2D eigenvalue weighted by molar-refractivity contribution is 0.0894. The molecule has 1 rings (SSSR count). The third kappa shape index (κ3) is 2.41. The second-order valence-electron chi connectivity index (χ2n) is 4.12. The SMILES string of the molecule is Cc1ccnc(C(=O)C(C)C(C)C)c1. The number of pyridine rings is 1. The van der Waals surface area contributed by atoms with Gasteiger partial charge >= 0.3 is 0 Å². The number of rotatable bonds is 3. The van der Waals surface area contributed by atoms with E-state index < -0.39 is 0 Å². The molecule has 0 aromatic carbocycles. The summed E-state index contributed by atoms with van der Waals surface area (Å²) in [6.07, 6.45) is 1.69. The molecule has 1 aromatic rings. The molecular formula is C12H17NO. The largest absolute Gasteiger partial charge is 0.292 e. The van der Waals surface area contributed by atoms with Gasteiger partial charge in [0.2, 0.25) is 0 Å². The van der Waals surface area contributed by atoms with Gasteiger partial charge in [0.05, 0.1) is 0 Å². The van der Waals surface area contributed by atoms with Gasteiger partial charge in [0.25, 0.3) is 0 Å². The van der Waals surface area contributed by atoms with Crippen LogP contribution in [-0.2, 0) is 0 Å². The van der Waals surface area contributed by atoms with Gasteiger partial charge in [-0.25, -0.2) is 0 Å². The summed E-state index contributed by atoms with van der Waals surface area (Å²) in [7, 11) is 0. The molecule has 2 heteroatoms. The summed E-state index contributed by atoms with van der Waals surface area (Å²) in [5.74, 6) is 0.554. The second kappa shape index (κ2) is 4.36. The molecule has 1 heterocycles. The van der Waals surface area contributed by atoms with E-state index in [1.165, 1.54) is 0 Å². The van der Waals surface area contributed by atoms with E-state index in [4.69, 9.17) is 0 Å². The van der Waals surface area contributed by atoms with Gasteiger partial charge < -0.3 is 0 Å². The monoisotopic (exact) mass is 191 g/mol. The van der Waals surface area contributed by atoms with E-state index in [-0.39, 0.29) is 11.7 Å². The van der Waals surface area contributed by atoms with E-state index in [2.05, 4.69) is 18.8 Å². The van der Waals surface area contributed by atoms with Crippen LogP contribution in [-0.4, -0.2) is 10.8 Å². The third-order valence-corrected chi connectivity index (χ3v) is 2.58. The van der Waals surface area contributed by atoms with Crippen molar-refractivity contribution in [3.05, 3.63) is 29.6 Å². The van der Waals surface area contributed by atoms with Crippen LogP contribution in [0.2, 0.25) is 0 Å². The van der Waals surface area contributed by atoms with Crippen molar-refractivity contribution in [2.75, 3.05) is 0 Å². The first-order valence-corrected chi connectivity index (χ1v) is 4.99. The van der Waals surface area contributed by atoms with Crippen molar-refractivity contribution >= 4 is 5.78 Å². The fourth-order valence-electron chi connectivity index (χ4n) is 1.21. The molecule has 0 aliphatic carbocycles. The summed E-state index contributed by atoms with van der Waals surface area (Å²) in [5.41, 5.74) is 1.67. The van der Waals surface area contributed by atoms with Crippen molar-refractivity contribution in [2.45, 2.75) is 27.7 Å². The quantitative estimate of drug-likeness (QED) is 0.688. The first kappa shape index (κ1) is 10.9. The number of nitrogens with zero attached hydrogens (tertiary/aromatic N) is 1. The molecular weight excluding hydrogens is 174 g/mol. The van der Waals surface area contributed by atoms with E-state index >= 15 is 0 Å². The predicted molar refractivity (Wildman–Crippen MR) is 57.3 cm³/mol. The van der Waals surface area contributed by atoms with Crippen molar-refractivity contribution < 1.29 is 4.79 Å². The Kier molecular flexibility index (Phi) is 3.39. The predicted octanol–water partition coefficient (Wildman–Crippen LogP) is 2.86. The van der Waals surface area contributed by atoms with Gasteiger partial charge in [-0.05, 0) is 30.5 Å². The van der Waals surface area contributed by atoms with E-state index in [0.717, 1.165) is 5.56 Å². The highest BCUT2D eigenvalue weighted by atomic mass is 16.1. The first-order chi connectivity index (χ1) is 6.52. The molecule has 0 aliphatic rings. The van der Waals surface area contributed by atoms with Crippen LogP contribution in [0.25, 0.3) is 0 Å². The van der Waals surface area contributed by atoms with Crippen LogP contribution in [0.4, 0.5) is 0 Å². The number of carbonyl (C=O) groups excluding carboxylic acids is 1. The number of aryl methyl sites for hydroxylation is 1. The summed E-state index contributed by atoms with van der Waals surface area (Å²) >= 11 is 0. The molecule has 0 amide bonds. The summed E-state index contributed by atoms with van der Waals surface area (Å²) in [5, 5.41) is 0. The number of carbonyl (C=O) groups is 1. The maximum absolute atomic E-state index is 11.9. The van der Waals surface area contributed by atoms with Crippen LogP contribution in [0, 0.1) is 18.8 Å². The molecule has 2 nitrogen and oxygen atoms in total. The number of hydrogen-bond donors (Lipinski definition) is 0. The Balaban J connectivity index is 2.89.